The van der Waals surface area contributed by atoms with Gasteiger partial charge in [-0.2, -0.15) is 0 Å². The van der Waals surface area contributed by atoms with Crippen molar-refractivity contribution in [3.63, 3.8) is 0 Å². The monoisotopic (exact) mass is 500 g/mol. The second-order valence-corrected chi connectivity index (χ2v) is 10.3. The Morgan fingerprint density at radius 1 is 1.15 bits per heavy atom. The van der Waals surface area contributed by atoms with E-state index in [0.717, 1.165) is 26.7 Å². The molecule has 2 N–H and O–H groups in total. The molecule has 0 radical (unpaired) electrons. The number of halogens is 2. The summed E-state index contributed by atoms with van der Waals surface area (Å²) >= 11 is 12.4. The minimum absolute atomic E-state index is 0.0844. The number of amides is 1. The maximum atomic E-state index is 12.8. The fraction of sp³-hybridized carbons (Fsp3) is 0.579. The number of rotatable bonds is 3. The van der Waals surface area contributed by atoms with Gasteiger partial charge in [0.1, 0.15) is 5.75 Å². The maximum Gasteiger partial charge on any atom is 0.261 e. The van der Waals surface area contributed by atoms with Crippen LogP contribution in [0.1, 0.15) is 48.9 Å². The minimum Gasteiger partial charge on any atom is -0.495 e. The van der Waals surface area contributed by atoms with Gasteiger partial charge in [-0.25, -0.2) is 0 Å². The van der Waals surface area contributed by atoms with Gasteiger partial charge < -0.3 is 10.1 Å². The smallest absolute Gasteiger partial charge is 0.261 e. The summed E-state index contributed by atoms with van der Waals surface area (Å²) in [6, 6.07) is 3.59. The van der Waals surface area contributed by atoms with Gasteiger partial charge in [-0.3, -0.25) is 10.1 Å². The van der Waals surface area contributed by atoms with Crippen molar-refractivity contribution in [1.29, 1.82) is 0 Å². The number of nitrogens with one attached hydrogen (secondary N) is 2. The molecule has 0 aromatic heterocycles. The number of hydrogen-bond acceptors (Lipinski definition) is 3. The summed E-state index contributed by atoms with van der Waals surface area (Å²) in [7, 11) is 1.55. The summed E-state index contributed by atoms with van der Waals surface area (Å²) in [5.41, 5.74) is 0.532. The van der Waals surface area contributed by atoms with Crippen LogP contribution in [0.15, 0.2) is 21.1 Å². The molecule has 7 heteroatoms. The fourth-order valence-corrected chi connectivity index (χ4v) is 7.34. The zero-order valence-corrected chi connectivity index (χ0v) is 18.6. The van der Waals surface area contributed by atoms with Crippen molar-refractivity contribution in [2.45, 2.75) is 44.1 Å². The van der Waals surface area contributed by atoms with E-state index in [0.29, 0.717) is 16.4 Å². The largest absolute Gasteiger partial charge is 0.495 e. The van der Waals surface area contributed by atoms with E-state index in [-0.39, 0.29) is 11.4 Å². The minimum atomic E-state index is -0.258. The lowest BCUT2D eigenvalue weighted by atomic mass is 9.53. The summed E-state index contributed by atoms with van der Waals surface area (Å²) < 4.78 is 6.90. The van der Waals surface area contributed by atoms with Crippen LogP contribution in [0.25, 0.3) is 0 Å². The molecule has 4 fully saturated rings. The Morgan fingerprint density at radius 3 is 2.27 bits per heavy atom. The van der Waals surface area contributed by atoms with Gasteiger partial charge in [-0.1, -0.05) is 15.9 Å². The molecular weight excluding hydrogens is 480 g/mol. The number of benzene rings is 1. The average molecular weight is 502 g/mol. The Kier molecular flexibility index (Phi) is 5.07. The average Bonchev–Trinajstić information content (AvgIpc) is 2.52. The van der Waals surface area contributed by atoms with Crippen molar-refractivity contribution >= 4 is 55.1 Å². The Bertz CT molecular complexity index is 733. The number of hydrogen-bond donors (Lipinski definition) is 2. The first-order valence-electron chi connectivity index (χ1n) is 9.04. The zero-order valence-electron chi connectivity index (χ0n) is 14.6. The van der Waals surface area contributed by atoms with Crippen molar-refractivity contribution in [2.24, 2.45) is 17.8 Å². The molecule has 1 aromatic rings. The zero-order chi connectivity index (χ0) is 18.5. The van der Waals surface area contributed by atoms with Crippen LogP contribution in [0.2, 0.25) is 0 Å². The standard InChI is InChI=1S/C19H22Br2N2O2S/c1-25-16-14(5-13(20)6-15(16)21)17(24)22-18(26)23-19-7-10-2-11(8-19)4-12(3-10)9-19/h5-6,10-12H,2-4,7-9H2,1H3,(H2,22,23,24,26). The second kappa shape index (κ2) is 7.06. The normalized spacial score (nSPS) is 31.6. The van der Waals surface area contributed by atoms with Crippen molar-refractivity contribution < 1.29 is 9.53 Å². The van der Waals surface area contributed by atoms with E-state index in [2.05, 4.69) is 42.5 Å². The van der Waals surface area contributed by atoms with Crippen LogP contribution in [-0.2, 0) is 0 Å². The fourth-order valence-electron chi connectivity index (χ4n) is 5.64. The predicted octanol–water partition coefficient (Wildman–Crippen LogP) is 4.79. The summed E-state index contributed by atoms with van der Waals surface area (Å²) in [5, 5.41) is 6.81. The van der Waals surface area contributed by atoms with E-state index in [1.54, 1.807) is 13.2 Å². The van der Waals surface area contributed by atoms with Crippen LogP contribution in [0.3, 0.4) is 0 Å². The molecule has 0 saturated heterocycles. The van der Waals surface area contributed by atoms with Crippen LogP contribution in [-0.4, -0.2) is 23.7 Å². The first-order chi connectivity index (χ1) is 12.4. The molecule has 4 nitrogen and oxygen atoms in total. The first kappa shape index (κ1) is 18.7. The molecular formula is C19H22Br2N2O2S. The lowest BCUT2D eigenvalue weighted by Gasteiger charge is -2.57. The lowest BCUT2D eigenvalue weighted by molar-refractivity contribution is -0.0101. The highest BCUT2D eigenvalue weighted by Crippen LogP contribution is 2.55. The summed E-state index contributed by atoms with van der Waals surface area (Å²) in [4.78, 5) is 12.8. The molecule has 1 amide bonds. The van der Waals surface area contributed by atoms with Gasteiger partial charge >= 0.3 is 0 Å². The molecule has 0 heterocycles. The quantitative estimate of drug-likeness (QED) is 0.584. The molecule has 26 heavy (non-hydrogen) atoms. The van der Waals surface area contributed by atoms with Crippen molar-refractivity contribution in [1.82, 2.24) is 10.6 Å². The Hall–Kier alpha value is -0.660. The third-order valence-electron chi connectivity index (χ3n) is 6.10. The van der Waals surface area contributed by atoms with Crippen LogP contribution >= 0.6 is 44.1 Å². The van der Waals surface area contributed by atoms with Gasteiger partial charge in [0.15, 0.2) is 5.11 Å². The van der Waals surface area contributed by atoms with Gasteiger partial charge in [-0.15, -0.1) is 0 Å². The van der Waals surface area contributed by atoms with Crippen molar-refractivity contribution in [3.8, 4) is 5.75 Å². The first-order valence-corrected chi connectivity index (χ1v) is 11.0. The van der Waals surface area contributed by atoms with Crippen molar-refractivity contribution in [3.05, 3.63) is 26.6 Å². The van der Waals surface area contributed by atoms with Gasteiger partial charge in [0.2, 0.25) is 0 Å². The molecule has 0 atom stereocenters. The lowest BCUT2D eigenvalue weighted by Crippen LogP contribution is -2.61. The van der Waals surface area contributed by atoms with E-state index >= 15 is 0 Å². The third-order valence-corrected chi connectivity index (χ3v) is 7.35. The van der Waals surface area contributed by atoms with E-state index in [4.69, 9.17) is 17.0 Å². The van der Waals surface area contributed by atoms with E-state index in [1.807, 2.05) is 6.07 Å². The Labute approximate surface area is 176 Å². The number of methoxy groups -OCH3 is 1. The molecule has 4 bridgehead atoms. The molecule has 4 aliphatic carbocycles. The highest BCUT2D eigenvalue weighted by Gasteiger charge is 2.51. The number of ether oxygens (including phenoxy) is 1. The molecule has 4 saturated carbocycles. The number of carbonyl (C=O) groups excluding carboxylic acids is 1. The third kappa shape index (κ3) is 3.54. The van der Waals surface area contributed by atoms with Crippen LogP contribution in [0.4, 0.5) is 0 Å². The molecule has 140 valence electrons. The Balaban J connectivity index is 1.47. The SMILES string of the molecule is COc1c(Br)cc(Br)cc1C(=O)NC(=S)NC12CC3CC(CC(C3)C1)C2. The van der Waals surface area contributed by atoms with Crippen LogP contribution in [0.5, 0.6) is 5.75 Å². The van der Waals surface area contributed by atoms with E-state index in [9.17, 15) is 4.79 Å². The number of carbonyl (C=O) groups is 1. The summed E-state index contributed by atoms with van der Waals surface area (Å²) in [5.74, 6) is 2.73. The molecule has 0 spiro atoms. The molecule has 0 unspecified atom stereocenters. The second-order valence-electron chi connectivity index (χ2n) is 8.07. The highest BCUT2D eigenvalue weighted by atomic mass is 79.9. The van der Waals surface area contributed by atoms with Gasteiger partial charge in [0, 0.05) is 10.0 Å². The molecule has 5 rings (SSSR count). The van der Waals surface area contributed by atoms with Gasteiger partial charge in [0.25, 0.3) is 5.91 Å². The van der Waals surface area contributed by atoms with Crippen LogP contribution in [0, 0.1) is 17.8 Å². The topological polar surface area (TPSA) is 50.4 Å². The summed E-state index contributed by atoms with van der Waals surface area (Å²) in [6.45, 7) is 0. The maximum absolute atomic E-state index is 12.8. The van der Waals surface area contributed by atoms with E-state index < -0.39 is 0 Å². The van der Waals surface area contributed by atoms with E-state index in [1.165, 1.54) is 38.5 Å². The predicted molar refractivity (Wildman–Crippen MR) is 112 cm³/mol. The Morgan fingerprint density at radius 2 is 1.73 bits per heavy atom. The van der Waals surface area contributed by atoms with Crippen molar-refractivity contribution in [2.75, 3.05) is 7.11 Å². The number of thiocarbonyl (C=S) groups is 1. The van der Waals surface area contributed by atoms with Gasteiger partial charge in [-0.05, 0) is 96.6 Å². The van der Waals surface area contributed by atoms with Crippen LogP contribution < -0.4 is 15.4 Å². The van der Waals surface area contributed by atoms with Gasteiger partial charge in [0.05, 0.1) is 17.1 Å². The summed E-state index contributed by atoms with van der Waals surface area (Å²) in [6.07, 6.45) is 7.68. The molecule has 1 aromatic carbocycles. The molecule has 0 aliphatic heterocycles. The molecule has 4 aliphatic rings. The highest BCUT2D eigenvalue weighted by molar-refractivity contribution is 9.11.